The number of amides is 1. The quantitative estimate of drug-likeness (QED) is 0.822. The fraction of sp³-hybridized carbons (Fsp3) is 0.500. The zero-order valence-electron chi connectivity index (χ0n) is 16.1. The highest BCUT2D eigenvalue weighted by Crippen LogP contribution is 2.44. The number of para-hydroxylation sites is 1. The maximum Gasteiger partial charge on any atom is 0.255 e. The Morgan fingerprint density at radius 3 is 2.68 bits per heavy atom. The minimum atomic E-state index is -0.290. The van der Waals surface area contributed by atoms with Crippen LogP contribution in [0.15, 0.2) is 42.7 Å². The third-order valence-electron chi connectivity index (χ3n) is 6.34. The van der Waals surface area contributed by atoms with Crippen molar-refractivity contribution in [2.45, 2.75) is 31.3 Å². The Morgan fingerprint density at radius 1 is 1.11 bits per heavy atom. The zero-order valence-corrected chi connectivity index (χ0v) is 16.1. The first-order chi connectivity index (χ1) is 13.8. The lowest BCUT2D eigenvalue weighted by atomic mass is 9.83. The third-order valence-corrected chi connectivity index (χ3v) is 6.34. The van der Waals surface area contributed by atoms with E-state index in [0.29, 0.717) is 18.7 Å². The van der Waals surface area contributed by atoms with E-state index >= 15 is 0 Å². The molecule has 2 fully saturated rings. The van der Waals surface area contributed by atoms with Crippen LogP contribution in [0.25, 0.3) is 0 Å². The Bertz CT molecular complexity index is 845. The summed E-state index contributed by atoms with van der Waals surface area (Å²) in [7, 11) is 0. The molecule has 28 heavy (non-hydrogen) atoms. The number of piperidine rings is 1. The summed E-state index contributed by atoms with van der Waals surface area (Å²) in [4.78, 5) is 17.2. The van der Waals surface area contributed by atoms with Crippen molar-refractivity contribution in [2.24, 2.45) is 5.92 Å². The first-order valence-electron chi connectivity index (χ1n) is 10.3. The average molecular weight is 378 g/mol. The molecule has 1 aliphatic carbocycles. The molecule has 146 valence electrons. The maximum atomic E-state index is 12.8. The molecule has 1 aromatic carbocycles. The molecule has 2 aromatic rings. The van der Waals surface area contributed by atoms with E-state index in [4.69, 9.17) is 4.74 Å². The summed E-state index contributed by atoms with van der Waals surface area (Å²) in [5.41, 5.74) is 2.93. The van der Waals surface area contributed by atoms with Crippen molar-refractivity contribution in [1.82, 2.24) is 15.1 Å². The number of likely N-dealkylation sites (tertiary alicyclic amines) is 1. The number of carbonyl (C=O) groups excluding carboxylic acids is 1. The summed E-state index contributed by atoms with van der Waals surface area (Å²) < 4.78 is 6.52. The number of rotatable bonds is 3. The van der Waals surface area contributed by atoms with Gasteiger partial charge in [0.25, 0.3) is 5.91 Å². The van der Waals surface area contributed by atoms with Crippen molar-refractivity contribution in [1.29, 1.82) is 0 Å². The number of benzene rings is 1. The van der Waals surface area contributed by atoms with Crippen LogP contribution >= 0.6 is 0 Å². The number of ether oxygens (including phenoxy) is 1. The van der Waals surface area contributed by atoms with Crippen LogP contribution in [0, 0.1) is 5.92 Å². The normalized spacial score (nSPS) is 21.3. The molecule has 2 aliphatic heterocycles. The van der Waals surface area contributed by atoms with Crippen LogP contribution in [0.5, 0.6) is 0 Å². The summed E-state index contributed by atoms with van der Waals surface area (Å²) >= 11 is 0. The average Bonchev–Trinajstić information content (AvgIpc) is 3.59. The highest BCUT2D eigenvalue weighted by atomic mass is 16.5. The molecule has 1 aromatic heterocycles. The lowest BCUT2D eigenvalue weighted by Crippen LogP contribution is -2.46. The smallest absolute Gasteiger partial charge is 0.255 e. The fourth-order valence-corrected chi connectivity index (χ4v) is 4.57. The van der Waals surface area contributed by atoms with Crippen molar-refractivity contribution in [3.05, 3.63) is 53.9 Å². The molecule has 1 saturated heterocycles. The number of hydrogen-bond acceptors (Lipinski definition) is 5. The summed E-state index contributed by atoms with van der Waals surface area (Å²) in [6.45, 7) is 4.20. The number of anilines is 1. The lowest BCUT2D eigenvalue weighted by molar-refractivity contribution is -0.0791. The van der Waals surface area contributed by atoms with Crippen molar-refractivity contribution in [3.63, 3.8) is 0 Å². The third kappa shape index (κ3) is 3.26. The second-order valence-electron chi connectivity index (χ2n) is 8.17. The lowest BCUT2D eigenvalue weighted by Gasteiger charge is -2.42. The number of carbonyl (C=O) groups is 1. The van der Waals surface area contributed by atoms with E-state index in [1.165, 1.54) is 24.1 Å². The van der Waals surface area contributed by atoms with Crippen LogP contribution in [-0.2, 0) is 10.3 Å². The molecule has 1 amide bonds. The second-order valence-corrected chi connectivity index (χ2v) is 8.17. The molecule has 1 saturated carbocycles. The predicted molar refractivity (Wildman–Crippen MR) is 106 cm³/mol. The molecule has 0 unspecified atom stereocenters. The van der Waals surface area contributed by atoms with E-state index in [9.17, 15) is 4.79 Å². The van der Waals surface area contributed by atoms with Gasteiger partial charge in [-0.3, -0.25) is 4.79 Å². The molecule has 1 spiro atoms. The number of fused-ring (bicyclic) bond motifs is 2. The maximum absolute atomic E-state index is 12.8. The summed E-state index contributed by atoms with van der Waals surface area (Å²) in [5, 5.41) is 7.60. The van der Waals surface area contributed by atoms with Crippen LogP contribution in [-0.4, -0.2) is 53.8 Å². The van der Waals surface area contributed by atoms with Crippen molar-refractivity contribution >= 4 is 11.6 Å². The molecular weight excluding hydrogens is 352 g/mol. The van der Waals surface area contributed by atoms with Gasteiger partial charge in [-0.15, -0.1) is 0 Å². The molecule has 6 nitrogen and oxygen atoms in total. The highest BCUT2D eigenvalue weighted by Gasteiger charge is 2.42. The van der Waals surface area contributed by atoms with E-state index in [1.807, 2.05) is 4.90 Å². The molecule has 5 rings (SSSR count). The Hall–Kier alpha value is -2.47. The molecule has 0 atom stereocenters. The van der Waals surface area contributed by atoms with Gasteiger partial charge in [0.1, 0.15) is 0 Å². The van der Waals surface area contributed by atoms with Crippen LogP contribution in [0.2, 0.25) is 0 Å². The monoisotopic (exact) mass is 378 g/mol. The van der Waals surface area contributed by atoms with Gasteiger partial charge in [-0.1, -0.05) is 18.2 Å². The van der Waals surface area contributed by atoms with Crippen LogP contribution in [0.1, 0.15) is 41.6 Å². The minimum Gasteiger partial charge on any atom is -0.369 e. The van der Waals surface area contributed by atoms with Gasteiger partial charge in [0, 0.05) is 37.4 Å². The Kier molecular flexibility index (Phi) is 4.51. The van der Waals surface area contributed by atoms with Gasteiger partial charge in [0.2, 0.25) is 0 Å². The molecule has 3 aliphatic rings. The van der Waals surface area contributed by atoms with Gasteiger partial charge in [-0.25, -0.2) is 0 Å². The largest absolute Gasteiger partial charge is 0.369 e. The molecule has 0 radical (unpaired) electrons. The Labute approximate surface area is 165 Å². The van der Waals surface area contributed by atoms with Crippen molar-refractivity contribution < 1.29 is 9.53 Å². The van der Waals surface area contributed by atoms with E-state index in [0.717, 1.165) is 38.5 Å². The van der Waals surface area contributed by atoms with E-state index in [2.05, 4.69) is 39.4 Å². The topological polar surface area (TPSA) is 58.6 Å². The molecule has 0 bridgehead atoms. The molecule has 0 N–H and O–H groups in total. The van der Waals surface area contributed by atoms with E-state index in [1.54, 1.807) is 18.5 Å². The van der Waals surface area contributed by atoms with Gasteiger partial charge in [-0.05, 0) is 43.7 Å². The second kappa shape index (κ2) is 7.17. The first kappa shape index (κ1) is 17.6. The van der Waals surface area contributed by atoms with Crippen LogP contribution in [0.4, 0.5) is 5.69 Å². The summed E-state index contributed by atoms with van der Waals surface area (Å²) in [5.74, 6) is 0.873. The Morgan fingerprint density at radius 2 is 1.93 bits per heavy atom. The zero-order chi connectivity index (χ0) is 19.0. The van der Waals surface area contributed by atoms with Gasteiger partial charge < -0.3 is 14.5 Å². The Balaban J connectivity index is 1.37. The highest BCUT2D eigenvalue weighted by molar-refractivity contribution is 5.93. The molecule has 3 heterocycles. The molecular formula is C22H26N4O2. The first-order valence-corrected chi connectivity index (χ1v) is 10.3. The fourth-order valence-electron chi connectivity index (χ4n) is 4.57. The van der Waals surface area contributed by atoms with E-state index < -0.39 is 0 Å². The van der Waals surface area contributed by atoms with Gasteiger partial charge in [0.15, 0.2) is 0 Å². The number of aromatic nitrogens is 2. The summed E-state index contributed by atoms with van der Waals surface area (Å²) in [6.07, 6.45) is 7.46. The number of nitrogens with zero attached hydrogens (tertiary/aromatic N) is 4. The standard InChI is InChI=1S/C22H26N4O2/c27-21(18-7-10-23-24-15-18)25-11-8-22(9-12-25)19-3-1-2-4-20(19)26(13-14-28-22)16-17-5-6-17/h1-4,7,10,15,17H,5-6,8-9,11-14,16H2. The van der Waals surface area contributed by atoms with Crippen LogP contribution < -0.4 is 4.90 Å². The molecule has 6 heteroatoms. The minimum absolute atomic E-state index is 0.0296. The van der Waals surface area contributed by atoms with Crippen LogP contribution in [0.3, 0.4) is 0 Å². The summed E-state index contributed by atoms with van der Waals surface area (Å²) in [6, 6.07) is 10.4. The van der Waals surface area contributed by atoms with Crippen molar-refractivity contribution in [3.8, 4) is 0 Å². The van der Waals surface area contributed by atoms with Gasteiger partial charge in [0.05, 0.1) is 30.2 Å². The predicted octanol–water partition coefficient (Wildman–Crippen LogP) is 2.85. The number of hydrogen-bond donors (Lipinski definition) is 0. The SMILES string of the molecule is O=C(c1ccnnc1)N1CCC2(CC1)OCCN(CC1CC1)c1ccccc12. The van der Waals surface area contributed by atoms with Gasteiger partial charge >= 0.3 is 0 Å². The van der Waals surface area contributed by atoms with Crippen molar-refractivity contribution in [2.75, 3.05) is 37.7 Å². The van der Waals surface area contributed by atoms with Gasteiger partial charge in [-0.2, -0.15) is 10.2 Å². The van der Waals surface area contributed by atoms with E-state index in [-0.39, 0.29) is 11.5 Å².